The van der Waals surface area contributed by atoms with Crippen LogP contribution in [0.1, 0.15) is 25.7 Å². The molecule has 0 atom stereocenters. The Morgan fingerprint density at radius 3 is 2.33 bits per heavy atom. The van der Waals surface area contributed by atoms with E-state index in [1.807, 2.05) is 0 Å². The Balaban J connectivity index is 1.99. The first-order valence-electron chi connectivity index (χ1n) is 7.45. The lowest BCUT2D eigenvalue weighted by Crippen LogP contribution is -2.53. The lowest BCUT2D eigenvalue weighted by Gasteiger charge is -2.42. The molecule has 0 radical (unpaired) electrons. The molecule has 2 aliphatic heterocycles. The molecule has 21 heavy (non-hydrogen) atoms. The maximum Gasteiger partial charge on any atom is 0.391 e. The highest BCUT2D eigenvalue weighted by atomic mass is 19.4. The molecule has 2 rings (SSSR count). The molecule has 1 amide bonds. The van der Waals surface area contributed by atoms with Crippen molar-refractivity contribution in [3.8, 4) is 0 Å². The van der Waals surface area contributed by atoms with Gasteiger partial charge in [0.25, 0.3) is 0 Å². The SMILES string of the molecule is COCC1(C(=O)N2CCC(C(F)(F)F)CC2)CCNCC1. The van der Waals surface area contributed by atoms with Crippen molar-refractivity contribution in [2.75, 3.05) is 39.9 Å². The molecular weight excluding hydrogens is 285 g/mol. The van der Waals surface area contributed by atoms with Crippen molar-refractivity contribution in [1.29, 1.82) is 0 Å². The molecule has 0 unspecified atom stereocenters. The average molecular weight is 308 g/mol. The molecule has 0 aliphatic carbocycles. The first kappa shape index (κ1) is 16.5. The van der Waals surface area contributed by atoms with Crippen molar-refractivity contribution in [1.82, 2.24) is 10.2 Å². The predicted octanol–water partition coefficient (Wildman–Crippen LogP) is 1.80. The molecule has 4 nitrogen and oxygen atoms in total. The lowest BCUT2D eigenvalue weighted by atomic mass is 9.77. The van der Waals surface area contributed by atoms with Gasteiger partial charge >= 0.3 is 6.18 Å². The van der Waals surface area contributed by atoms with Crippen LogP contribution >= 0.6 is 0 Å². The first-order valence-corrected chi connectivity index (χ1v) is 7.45. The van der Waals surface area contributed by atoms with Crippen molar-refractivity contribution in [3.05, 3.63) is 0 Å². The van der Waals surface area contributed by atoms with Gasteiger partial charge in [-0.05, 0) is 38.8 Å². The van der Waals surface area contributed by atoms with Crippen molar-refractivity contribution < 1.29 is 22.7 Å². The Hall–Kier alpha value is -0.820. The standard InChI is InChI=1S/C14H23F3N2O2/c1-21-10-13(4-6-18-7-5-13)12(20)19-8-2-11(3-9-19)14(15,16)17/h11,18H,2-10H2,1H3. The second-order valence-electron chi connectivity index (χ2n) is 6.07. The van der Waals surface area contributed by atoms with Crippen LogP contribution in [0.15, 0.2) is 0 Å². The third-order valence-electron chi connectivity index (χ3n) is 4.68. The van der Waals surface area contributed by atoms with E-state index in [1.54, 1.807) is 12.0 Å². The van der Waals surface area contributed by atoms with E-state index in [-0.39, 0.29) is 31.8 Å². The number of hydrogen-bond donors (Lipinski definition) is 1. The summed E-state index contributed by atoms with van der Waals surface area (Å²) in [7, 11) is 1.56. The fourth-order valence-electron chi connectivity index (χ4n) is 3.35. The summed E-state index contributed by atoms with van der Waals surface area (Å²) in [5.74, 6) is -1.31. The van der Waals surface area contributed by atoms with E-state index in [1.165, 1.54) is 0 Å². The minimum absolute atomic E-state index is 0.0105. The molecule has 0 aromatic rings. The van der Waals surface area contributed by atoms with E-state index >= 15 is 0 Å². The maximum atomic E-state index is 12.8. The van der Waals surface area contributed by atoms with Crippen LogP contribution in [-0.4, -0.2) is 56.9 Å². The van der Waals surface area contributed by atoms with Crippen LogP contribution < -0.4 is 5.32 Å². The number of likely N-dealkylation sites (tertiary alicyclic amines) is 1. The minimum Gasteiger partial charge on any atom is -0.384 e. The third kappa shape index (κ3) is 3.69. The molecule has 2 aliphatic rings. The minimum atomic E-state index is -4.14. The largest absolute Gasteiger partial charge is 0.391 e. The van der Waals surface area contributed by atoms with Crippen LogP contribution in [0.3, 0.4) is 0 Å². The van der Waals surface area contributed by atoms with Crippen LogP contribution in [0.5, 0.6) is 0 Å². The van der Waals surface area contributed by atoms with Crippen LogP contribution in [0.2, 0.25) is 0 Å². The van der Waals surface area contributed by atoms with Gasteiger partial charge in [-0.25, -0.2) is 0 Å². The quantitative estimate of drug-likeness (QED) is 0.864. The molecular formula is C14H23F3N2O2. The summed E-state index contributed by atoms with van der Waals surface area (Å²) in [6, 6.07) is 0. The van der Waals surface area contributed by atoms with Gasteiger partial charge < -0.3 is 15.0 Å². The number of halogens is 3. The molecule has 2 heterocycles. The van der Waals surface area contributed by atoms with Gasteiger partial charge in [-0.3, -0.25) is 4.79 Å². The molecule has 0 bridgehead atoms. The third-order valence-corrected chi connectivity index (χ3v) is 4.68. The van der Waals surface area contributed by atoms with Gasteiger partial charge in [-0.1, -0.05) is 0 Å². The first-order chi connectivity index (χ1) is 9.89. The number of carbonyl (C=O) groups is 1. The fraction of sp³-hybridized carbons (Fsp3) is 0.929. The van der Waals surface area contributed by atoms with Gasteiger partial charge in [0.2, 0.25) is 5.91 Å². The molecule has 0 spiro atoms. The molecule has 122 valence electrons. The number of piperidine rings is 2. The van der Waals surface area contributed by atoms with Gasteiger partial charge in [-0.15, -0.1) is 0 Å². The number of amides is 1. The highest BCUT2D eigenvalue weighted by Gasteiger charge is 2.46. The fourth-order valence-corrected chi connectivity index (χ4v) is 3.35. The number of hydrogen-bond acceptors (Lipinski definition) is 3. The van der Waals surface area contributed by atoms with Crippen LogP contribution in [0, 0.1) is 11.3 Å². The van der Waals surface area contributed by atoms with E-state index in [0.717, 1.165) is 13.1 Å². The topological polar surface area (TPSA) is 41.6 Å². The number of methoxy groups -OCH3 is 1. The smallest absolute Gasteiger partial charge is 0.384 e. The van der Waals surface area contributed by atoms with E-state index in [4.69, 9.17) is 4.74 Å². The number of ether oxygens (including phenoxy) is 1. The zero-order valence-corrected chi connectivity index (χ0v) is 12.3. The number of carbonyl (C=O) groups excluding carboxylic acids is 1. The number of rotatable bonds is 3. The molecule has 0 saturated carbocycles. The Labute approximate surface area is 123 Å². The van der Waals surface area contributed by atoms with E-state index in [0.29, 0.717) is 19.4 Å². The van der Waals surface area contributed by atoms with Gasteiger partial charge in [0.15, 0.2) is 0 Å². The second kappa shape index (κ2) is 6.52. The van der Waals surface area contributed by atoms with Crippen molar-refractivity contribution >= 4 is 5.91 Å². The van der Waals surface area contributed by atoms with Gasteiger partial charge in [0, 0.05) is 20.2 Å². The number of alkyl halides is 3. The average Bonchev–Trinajstić information content (AvgIpc) is 2.47. The van der Waals surface area contributed by atoms with Crippen LogP contribution in [-0.2, 0) is 9.53 Å². The second-order valence-corrected chi connectivity index (χ2v) is 6.07. The monoisotopic (exact) mass is 308 g/mol. The Morgan fingerprint density at radius 2 is 1.86 bits per heavy atom. The van der Waals surface area contributed by atoms with Crippen LogP contribution in [0.4, 0.5) is 13.2 Å². The lowest BCUT2D eigenvalue weighted by molar-refractivity contribution is -0.188. The summed E-state index contributed by atoms with van der Waals surface area (Å²) in [6.07, 6.45) is -2.76. The summed E-state index contributed by atoms with van der Waals surface area (Å²) in [6.45, 7) is 2.22. The van der Waals surface area contributed by atoms with E-state index in [9.17, 15) is 18.0 Å². The molecule has 0 aromatic carbocycles. The van der Waals surface area contributed by atoms with Gasteiger partial charge in [0.1, 0.15) is 0 Å². The highest BCUT2D eigenvalue weighted by Crippen LogP contribution is 2.37. The zero-order valence-electron chi connectivity index (χ0n) is 12.3. The molecule has 2 fully saturated rings. The molecule has 1 N–H and O–H groups in total. The summed E-state index contributed by atoms with van der Waals surface area (Å²) in [4.78, 5) is 14.4. The Bertz CT molecular complexity index is 354. The van der Waals surface area contributed by atoms with Crippen molar-refractivity contribution in [2.45, 2.75) is 31.9 Å². The highest BCUT2D eigenvalue weighted by molar-refractivity contribution is 5.83. The maximum absolute atomic E-state index is 12.8. The van der Waals surface area contributed by atoms with Gasteiger partial charge in [0.05, 0.1) is 17.9 Å². The molecule has 0 aromatic heterocycles. The number of nitrogens with one attached hydrogen (secondary N) is 1. The number of nitrogens with zero attached hydrogens (tertiary/aromatic N) is 1. The van der Waals surface area contributed by atoms with E-state index < -0.39 is 17.5 Å². The normalized spacial score (nSPS) is 24.1. The van der Waals surface area contributed by atoms with E-state index in [2.05, 4.69) is 5.32 Å². The summed E-state index contributed by atoms with van der Waals surface area (Å²) < 4.78 is 43.3. The predicted molar refractivity (Wildman–Crippen MR) is 71.8 cm³/mol. The Morgan fingerprint density at radius 1 is 1.29 bits per heavy atom. The molecule has 2 saturated heterocycles. The molecule has 7 heteroatoms. The summed E-state index contributed by atoms with van der Waals surface area (Å²) >= 11 is 0. The summed E-state index contributed by atoms with van der Waals surface area (Å²) in [5, 5.41) is 3.21. The summed E-state index contributed by atoms with van der Waals surface area (Å²) in [5.41, 5.74) is -0.564. The van der Waals surface area contributed by atoms with Crippen LogP contribution in [0.25, 0.3) is 0 Å². The van der Waals surface area contributed by atoms with Crippen molar-refractivity contribution in [3.63, 3.8) is 0 Å². The zero-order chi connectivity index (χ0) is 15.5. The Kier molecular flexibility index (Phi) is 5.14. The van der Waals surface area contributed by atoms with Gasteiger partial charge in [-0.2, -0.15) is 13.2 Å². The van der Waals surface area contributed by atoms with Crippen molar-refractivity contribution in [2.24, 2.45) is 11.3 Å².